The maximum Gasteiger partial charge on any atom is 0.286 e. The van der Waals surface area contributed by atoms with Gasteiger partial charge in [0.1, 0.15) is 11.3 Å². The van der Waals surface area contributed by atoms with E-state index < -0.39 is 17.7 Å². The highest BCUT2D eigenvalue weighted by molar-refractivity contribution is 6.35. The molecule has 1 heterocycles. The third-order valence-corrected chi connectivity index (χ3v) is 3.67. The number of hydrogen-bond donors (Lipinski definition) is 2. The molecule has 0 bridgehead atoms. The van der Waals surface area contributed by atoms with Crippen LogP contribution in [0.25, 0.3) is 0 Å². The Bertz CT molecular complexity index is 790. The van der Waals surface area contributed by atoms with Gasteiger partial charge in [-0.1, -0.05) is 42.0 Å². The van der Waals surface area contributed by atoms with E-state index in [2.05, 4.69) is 10.3 Å². The number of aliphatic hydroxyl groups excluding tert-OH is 1. The van der Waals surface area contributed by atoms with Crippen LogP contribution in [0.15, 0.2) is 64.9 Å². The normalized spacial score (nSPS) is 19.8. The Morgan fingerprint density at radius 2 is 2.05 bits per heavy atom. The van der Waals surface area contributed by atoms with E-state index in [-0.39, 0.29) is 11.3 Å². The van der Waals surface area contributed by atoms with Gasteiger partial charge in [0.2, 0.25) is 0 Å². The lowest BCUT2D eigenvalue weighted by Crippen LogP contribution is -2.30. The molecule has 0 radical (unpaired) electrons. The first-order chi connectivity index (χ1) is 10.6. The average molecular weight is 315 g/mol. The second-order valence-electron chi connectivity index (χ2n) is 4.76. The first-order valence-electron chi connectivity index (χ1n) is 6.54. The van der Waals surface area contributed by atoms with E-state index in [1.165, 1.54) is 0 Å². The van der Waals surface area contributed by atoms with Gasteiger partial charge >= 0.3 is 0 Å². The van der Waals surface area contributed by atoms with Crippen molar-refractivity contribution < 1.29 is 14.7 Å². The van der Waals surface area contributed by atoms with Crippen LogP contribution in [0.5, 0.6) is 0 Å². The van der Waals surface area contributed by atoms with Gasteiger partial charge in [0.25, 0.3) is 11.8 Å². The number of dihydropyridines is 1. The van der Waals surface area contributed by atoms with Crippen molar-refractivity contribution in [3.05, 3.63) is 64.9 Å². The van der Waals surface area contributed by atoms with Crippen molar-refractivity contribution in [2.45, 2.75) is 0 Å². The molecular formula is C16H11ClN2O3. The number of anilines is 1. The number of carbonyl (C=O) groups is 2. The fraction of sp³-hybridized carbons (Fsp3) is 0.0625. The summed E-state index contributed by atoms with van der Waals surface area (Å²) < 4.78 is 0. The largest absolute Gasteiger partial charge is 0.510 e. The molecule has 0 saturated heterocycles. The number of halogens is 1. The summed E-state index contributed by atoms with van der Waals surface area (Å²) in [6, 6.07) is 6.63. The van der Waals surface area contributed by atoms with Crippen LogP contribution < -0.4 is 5.32 Å². The Hall–Kier alpha value is -2.66. The van der Waals surface area contributed by atoms with Crippen molar-refractivity contribution in [1.29, 1.82) is 0 Å². The van der Waals surface area contributed by atoms with Crippen LogP contribution in [0.1, 0.15) is 0 Å². The van der Waals surface area contributed by atoms with E-state index in [1.54, 1.807) is 48.6 Å². The number of carbonyl (C=O) groups excluding carboxylic acids is 2. The average Bonchev–Trinajstić information content (AvgIpc) is 2.49. The highest BCUT2D eigenvalue weighted by Gasteiger charge is 2.34. The topological polar surface area (TPSA) is 78.8 Å². The third-order valence-electron chi connectivity index (χ3n) is 3.34. The minimum atomic E-state index is -0.770. The second-order valence-corrected chi connectivity index (χ2v) is 5.16. The Kier molecular flexibility index (Phi) is 3.65. The fourth-order valence-electron chi connectivity index (χ4n) is 2.27. The van der Waals surface area contributed by atoms with Crippen molar-refractivity contribution in [3.8, 4) is 0 Å². The van der Waals surface area contributed by atoms with E-state index in [1.807, 2.05) is 0 Å². The van der Waals surface area contributed by atoms with Crippen molar-refractivity contribution >= 4 is 34.8 Å². The monoisotopic (exact) mass is 314 g/mol. The Balaban J connectivity index is 1.92. The van der Waals surface area contributed by atoms with Crippen molar-refractivity contribution in [2.75, 3.05) is 5.32 Å². The molecule has 110 valence electrons. The molecule has 1 unspecified atom stereocenters. The van der Waals surface area contributed by atoms with Gasteiger partial charge in [-0.2, -0.15) is 0 Å². The van der Waals surface area contributed by atoms with Gasteiger partial charge in [0, 0.05) is 0 Å². The zero-order valence-electron chi connectivity index (χ0n) is 11.3. The molecule has 1 aromatic carbocycles. The smallest absolute Gasteiger partial charge is 0.286 e. The quantitative estimate of drug-likeness (QED) is 0.824. The molecule has 22 heavy (non-hydrogen) atoms. The fourth-order valence-corrected chi connectivity index (χ4v) is 2.45. The lowest BCUT2D eigenvalue weighted by Gasteiger charge is -2.21. The number of aliphatic imine (C=N–C) groups is 1. The molecule has 6 heteroatoms. The predicted octanol–water partition coefficient (Wildman–Crippen LogP) is 2.81. The molecule has 1 aliphatic carbocycles. The Morgan fingerprint density at radius 3 is 2.82 bits per heavy atom. The zero-order chi connectivity index (χ0) is 15.7. The zero-order valence-corrected chi connectivity index (χ0v) is 12.0. The highest BCUT2D eigenvalue weighted by atomic mass is 35.5. The summed E-state index contributed by atoms with van der Waals surface area (Å²) in [4.78, 5) is 28.2. The first kappa shape index (κ1) is 14.3. The minimum absolute atomic E-state index is 0.305. The van der Waals surface area contributed by atoms with Gasteiger partial charge in [-0.25, -0.2) is 4.99 Å². The summed E-state index contributed by atoms with van der Waals surface area (Å²) in [6.45, 7) is 0. The SMILES string of the molecule is O=C1N=C2C=CC=CC2C(O)=C1C(=O)Nc1ccccc1Cl. The van der Waals surface area contributed by atoms with E-state index in [4.69, 9.17) is 11.6 Å². The number of para-hydroxylation sites is 1. The number of fused-ring (bicyclic) bond motifs is 1. The molecule has 0 fully saturated rings. The highest BCUT2D eigenvalue weighted by Crippen LogP contribution is 2.27. The van der Waals surface area contributed by atoms with Crippen LogP contribution in [0.2, 0.25) is 5.02 Å². The van der Waals surface area contributed by atoms with Gasteiger partial charge in [-0.05, 0) is 18.2 Å². The number of nitrogens with zero attached hydrogens (tertiary/aromatic N) is 1. The summed E-state index contributed by atoms with van der Waals surface area (Å²) in [5.41, 5.74) is 0.407. The molecule has 1 aliphatic heterocycles. The molecule has 3 rings (SSSR count). The van der Waals surface area contributed by atoms with E-state index >= 15 is 0 Å². The van der Waals surface area contributed by atoms with E-state index in [0.717, 1.165) is 0 Å². The molecule has 1 atom stereocenters. The first-order valence-corrected chi connectivity index (χ1v) is 6.92. The van der Waals surface area contributed by atoms with Gasteiger partial charge in [0.05, 0.1) is 22.3 Å². The number of nitrogens with one attached hydrogen (secondary N) is 1. The van der Waals surface area contributed by atoms with Crippen LogP contribution in [0.3, 0.4) is 0 Å². The predicted molar refractivity (Wildman–Crippen MR) is 83.9 cm³/mol. The Labute approximate surface area is 131 Å². The molecule has 0 spiro atoms. The Morgan fingerprint density at radius 1 is 1.27 bits per heavy atom. The number of rotatable bonds is 2. The van der Waals surface area contributed by atoms with Crippen LogP contribution >= 0.6 is 11.6 Å². The minimum Gasteiger partial charge on any atom is -0.510 e. The van der Waals surface area contributed by atoms with Crippen molar-refractivity contribution in [3.63, 3.8) is 0 Å². The van der Waals surface area contributed by atoms with E-state index in [9.17, 15) is 14.7 Å². The number of hydrogen-bond acceptors (Lipinski definition) is 3. The summed E-state index contributed by atoms with van der Waals surface area (Å²) in [5, 5.41) is 13.1. The number of amides is 2. The summed E-state index contributed by atoms with van der Waals surface area (Å²) in [7, 11) is 0. The molecule has 2 amide bonds. The molecule has 2 aliphatic rings. The van der Waals surface area contributed by atoms with E-state index in [0.29, 0.717) is 16.4 Å². The van der Waals surface area contributed by atoms with Gasteiger partial charge < -0.3 is 10.4 Å². The van der Waals surface area contributed by atoms with Crippen molar-refractivity contribution in [2.24, 2.45) is 10.9 Å². The summed E-state index contributed by atoms with van der Waals surface area (Å²) in [6.07, 6.45) is 6.73. The number of allylic oxidation sites excluding steroid dienone is 4. The second kappa shape index (κ2) is 5.61. The molecule has 5 nitrogen and oxygen atoms in total. The maximum atomic E-state index is 12.3. The van der Waals surface area contributed by atoms with Crippen LogP contribution in [-0.4, -0.2) is 22.6 Å². The molecule has 0 saturated carbocycles. The number of aliphatic hydroxyl groups is 1. The lowest BCUT2D eigenvalue weighted by atomic mass is 9.90. The number of benzene rings is 1. The molecular weight excluding hydrogens is 304 g/mol. The van der Waals surface area contributed by atoms with Gasteiger partial charge in [-0.15, -0.1) is 0 Å². The van der Waals surface area contributed by atoms with Crippen LogP contribution in [0, 0.1) is 5.92 Å². The standard InChI is InChI=1S/C16H11ClN2O3/c17-10-6-2-4-8-12(10)19-16(22)13-14(20)9-5-1-3-7-11(9)18-15(13)21/h1-9,20H,(H,19,22). The summed E-state index contributed by atoms with van der Waals surface area (Å²) in [5.74, 6) is -2.38. The summed E-state index contributed by atoms with van der Waals surface area (Å²) >= 11 is 5.96. The maximum absolute atomic E-state index is 12.3. The van der Waals surface area contributed by atoms with Crippen LogP contribution in [-0.2, 0) is 9.59 Å². The van der Waals surface area contributed by atoms with Gasteiger partial charge in [0.15, 0.2) is 0 Å². The molecule has 2 N–H and O–H groups in total. The lowest BCUT2D eigenvalue weighted by molar-refractivity contribution is -0.119. The van der Waals surface area contributed by atoms with Crippen LogP contribution in [0.4, 0.5) is 5.69 Å². The third kappa shape index (κ3) is 2.46. The van der Waals surface area contributed by atoms with Crippen molar-refractivity contribution in [1.82, 2.24) is 0 Å². The van der Waals surface area contributed by atoms with Gasteiger partial charge in [-0.3, -0.25) is 9.59 Å². The molecule has 1 aromatic rings. The molecule has 0 aromatic heterocycles.